The normalized spacial score (nSPS) is 18.8. The Balaban J connectivity index is 0.00000208. The molecule has 3 rings (SSSR count). The Bertz CT molecular complexity index is 720. The van der Waals surface area contributed by atoms with Crippen LogP contribution in [0.3, 0.4) is 0 Å². The molecule has 1 heterocycles. The minimum absolute atomic E-state index is 0. The van der Waals surface area contributed by atoms with E-state index in [-0.39, 0.29) is 30.3 Å². The predicted molar refractivity (Wildman–Crippen MR) is 100 cm³/mol. The number of nitrogens with one attached hydrogen (secondary N) is 1. The highest BCUT2D eigenvalue weighted by atomic mass is 35.5. The molecular weight excluding hydrogens is 324 g/mol. The molecule has 2 aromatic rings. The second kappa shape index (κ2) is 7.86. The largest absolute Gasteiger partial charge is 0.497 e. The third-order valence-electron chi connectivity index (χ3n) is 4.73. The molecular formula is C19H25ClN2O2. The number of piperazine rings is 1. The van der Waals surface area contributed by atoms with Crippen molar-refractivity contribution >= 4 is 29.1 Å². The summed E-state index contributed by atoms with van der Waals surface area (Å²) in [5.41, 5.74) is 1.07. The minimum Gasteiger partial charge on any atom is -0.497 e. The third kappa shape index (κ3) is 3.65. The Hall–Kier alpha value is -1.78. The van der Waals surface area contributed by atoms with Crippen LogP contribution in [0.2, 0.25) is 0 Å². The highest BCUT2D eigenvalue weighted by molar-refractivity contribution is 5.88. The quantitative estimate of drug-likeness (QED) is 0.926. The van der Waals surface area contributed by atoms with Crippen molar-refractivity contribution in [2.45, 2.75) is 25.8 Å². The molecule has 1 N–H and O–H groups in total. The van der Waals surface area contributed by atoms with Crippen molar-refractivity contribution in [1.29, 1.82) is 0 Å². The first kappa shape index (κ1) is 18.6. The fraction of sp³-hybridized carbons (Fsp3) is 0.421. The Morgan fingerprint density at radius 1 is 1.25 bits per heavy atom. The summed E-state index contributed by atoms with van der Waals surface area (Å²) >= 11 is 0. The topological polar surface area (TPSA) is 41.6 Å². The van der Waals surface area contributed by atoms with Gasteiger partial charge in [0.2, 0.25) is 5.91 Å². The van der Waals surface area contributed by atoms with Gasteiger partial charge in [0.25, 0.3) is 0 Å². The Labute approximate surface area is 149 Å². The predicted octanol–water partition coefficient (Wildman–Crippen LogP) is 3.19. The van der Waals surface area contributed by atoms with Crippen LogP contribution in [0, 0.1) is 0 Å². The van der Waals surface area contributed by atoms with E-state index >= 15 is 0 Å². The summed E-state index contributed by atoms with van der Waals surface area (Å²) in [4.78, 5) is 14.8. The molecule has 1 fully saturated rings. The molecule has 0 aromatic heterocycles. The van der Waals surface area contributed by atoms with E-state index in [9.17, 15) is 4.79 Å². The zero-order valence-corrected chi connectivity index (χ0v) is 15.2. The molecule has 0 bridgehead atoms. The molecule has 1 saturated heterocycles. The molecule has 4 nitrogen and oxygen atoms in total. The summed E-state index contributed by atoms with van der Waals surface area (Å²) in [6, 6.07) is 12.5. The van der Waals surface area contributed by atoms with Gasteiger partial charge in [0, 0.05) is 25.7 Å². The lowest BCUT2D eigenvalue weighted by atomic mass is 9.95. The van der Waals surface area contributed by atoms with Crippen LogP contribution in [0.4, 0.5) is 0 Å². The van der Waals surface area contributed by atoms with Gasteiger partial charge in [0.1, 0.15) is 5.75 Å². The van der Waals surface area contributed by atoms with Gasteiger partial charge in [-0.25, -0.2) is 0 Å². The van der Waals surface area contributed by atoms with Crippen molar-refractivity contribution < 1.29 is 9.53 Å². The van der Waals surface area contributed by atoms with Crippen LogP contribution in [0.5, 0.6) is 5.75 Å². The molecule has 2 atom stereocenters. The number of methoxy groups -OCH3 is 1. The van der Waals surface area contributed by atoms with Gasteiger partial charge >= 0.3 is 0 Å². The lowest BCUT2D eigenvalue weighted by Gasteiger charge is -2.35. The van der Waals surface area contributed by atoms with Crippen molar-refractivity contribution in [2.24, 2.45) is 0 Å². The van der Waals surface area contributed by atoms with E-state index in [1.54, 1.807) is 7.11 Å². The number of hydrogen-bond acceptors (Lipinski definition) is 3. The molecule has 1 aliphatic rings. The average Bonchev–Trinajstić information content (AvgIpc) is 2.60. The lowest BCUT2D eigenvalue weighted by molar-refractivity contribution is -0.135. The van der Waals surface area contributed by atoms with Crippen molar-refractivity contribution in [2.75, 3.05) is 26.7 Å². The van der Waals surface area contributed by atoms with Gasteiger partial charge in [-0.1, -0.05) is 24.3 Å². The molecule has 5 heteroatoms. The van der Waals surface area contributed by atoms with E-state index in [0.717, 1.165) is 41.7 Å². The zero-order valence-electron chi connectivity index (χ0n) is 14.4. The number of fused-ring (bicyclic) bond motifs is 1. The van der Waals surface area contributed by atoms with Crippen molar-refractivity contribution in [3.63, 3.8) is 0 Å². The lowest BCUT2D eigenvalue weighted by Crippen LogP contribution is -2.53. The number of nitrogens with zero attached hydrogens (tertiary/aromatic N) is 1. The Morgan fingerprint density at radius 3 is 2.67 bits per heavy atom. The smallest absolute Gasteiger partial charge is 0.230 e. The summed E-state index contributed by atoms with van der Waals surface area (Å²) < 4.78 is 5.26. The standard InChI is InChI=1S/C19H24N2O2.ClH/c1-13-12-20-8-9-21(13)19(22)14(2)15-4-5-17-11-18(23-3)7-6-16(17)10-15;/h4-7,10-11,13-14,20H,8-9,12H2,1-3H3;1H. The van der Waals surface area contributed by atoms with Gasteiger partial charge in [-0.3, -0.25) is 4.79 Å². The van der Waals surface area contributed by atoms with Crippen molar-refractivity contribution in [1.82, 2.24) is 10.2 Å². The maximum Gasteiger partial charge on any atom is 0.230 e. The summed E-state index contributed by atoms with van der Waals surface area (Å²) in [7, 11) is 1.67. The Morgan fingerprint density at radius 2 is 1.96 bits per heavy atom. The van der Waals surface area contributed by atoms with E-state index in [1.165, 1.54) is 0 Å². The van der Waals surface area contributed by atoms with Crippen LogP contribution in [-0.2, 0) is 4.79 Å². The molecule has 24 heavy (non-hydrogen) atoms. The number of carbonyl (C=O) groups is 1. The molecule has 2 aromatic carbocycles. The molecule has 1 amide bonds. The fourth-order valence-corrected chi connectivity index (χ4v) is 3.20. The molecule has 0 spiro atoms. The van der Waals surface area contributed by atoms with Crippen LogP contribution in [0.15, 0.2) is 36.4 Å². The highest BCUT2D eigenvalue weighted by Crippen LogP contribution is 2.26. The van der Waals surface area contributed by atoms with E-state index < -0.39 is 0 Å². The molecule has 0 saturated carbocycles. The summed E-state index contributed by atoms with van der Waals surface area (Å²) in [5.74, 6) is 0.943. The van der Waals surface area contributed by atoms with Gasteiger partial charge in [-0.15, -0.1) is 12.4 Å². The van der Waals surface area contributed by atoms with E-state index in [1.807, 2.05) is 30.0 Å². The van der Waals surface area contributed by atoms with Crippen molar-refractivity contribution in [3.8, 4) is 5.75 Å². The van der Waals surface area contributed by atoms with Gasteiger partial charge in [0.05, 0.1) is 13.0 Å². The monoisotopic (exact) mass is 348 g/mol. The molecule has 0 radical (unpaired) electrons. The second-order valence-corrected chi connectivity index (χ2v) is 6.28. The van der Waals surface area contributed by atoms with Gasteiger partial charge in [0.15, 0.2) is 0 Å². The summed E-state index contributed by atoms with van der Waals surface area (Å²) in [5, 5.41) is 5.59. The number of benzene rings is 2. The number of halogens is 1. The summed E-state index contributed by atoms with van der Waals surface area (Å²) in [6.07, 6.45) is 0. The first-order chi connectivity index (χ1) is 11.1. The van der Waals surface area contributed by atoms with Crippen molar-refractivity contribution in [3.05, 3.63) is 42.0 Å². The SMILES string of the molecule is COc1ccc2cc(C(C)C(=O)N3CCNCC3C)ccc2c1.Cl. The second-order valence-electron chi connectivity index (χ2n) is 6.28. The summed E-state index contributed by atoms with van der Waals surface area (Å²) in [6.45, 7) is 6.64. The minimum atomic E-state index is -0.123. The van der Waals surface area contributed by atoms with E-state index in [4.69, 9.17) is 4.74 Å². The first-order valence-corrected chi connectivity index (χ1v) is 8.19. The maximum atomic E-state index is 12.8. The molecule has 130 valence electrons. The van der Waals surface area contributed by atoms with Crippen LogP contribution in [-0.4, -0.2) is 43.6 Å². The van der Waals surface area contributed by atoms with Gasteiger partial charge in [-0.05, 0) is 42.3 Å². The average molecular weight is 349 g/mol. The Kier molecular flexibility index (Phi) is 6.08. The zero-order chi connectivity index (χ0) is 16.4. The molecule has 1 aliphatic heterocycles. The highest BCUT2D eigenvalue weighted by Gasteiger charge is 2.27. The van der Waals surface area contributed by atoms with Crippen LogP contribution < -0.4 is 10.1 Å². The number of hydrogen-bond donors (Lipinski definition) is 1. The van der Waals surface area contributed by atoms with Crippen LogP contribution in [0.25, 0.3) is 10.8 Å². The number of rotatable bonds is 3. The molecule has 0 aliphatic carbocycles. The third-order valence-corrected chi connectivity index (χ3v) is 4.73. The maximum absolute atomic E-state index is 12.8. The molecule has 2 unspecified atom stereocenters. The van der Waals surface area contributed by atoms with Gasteiger partial charge < -0.3 is 15.0 Å². The van der Waals surface area contributed by atoms with Gasteiger partial charge in [-0.2, -0.15) is 0 Å². The number of carbonyl (C=O) groups excluding carboxylic acids is 1. The fourth-order valence-electron chi connectivity index (χ4n) is 3.20. The first-order valence-electron chi connectivity index (χ1n) is 8.19. The van der Waals surface area contributed by atoms with Crippen LogP contribution >= 0.6 is 12.4 Å². The van der Waals surface area contributed by atoms with E-state index in [2.05, 4.69) is 30.4 Å². The number of ether oxygens (including phenoxy) is 1. The van der Waals surface area contributed by atoms with Crippen LogP contribution in [0.1, 0.15) is 25.3 Å². The number of amides is 1. The van der Waals surface area contributed by atoms with E-state index in [0.29, 0.717) is 0 Å².